The third kappa shape index (κ3) is 2.69. The van der Waals surface area contributed by atoms with Crippen molar-refractivity contribution in [2.75, 3.05) is 6.61 Å². The molecule has 0 radical (unpaired) electrons. The van der Waals surface area contributed by atoms with Crippen molar-refractivity contribution in [1.29, 1.82) is 0 Å². The second kappa shape index (κ2) is 4.49. The second-order valence-electron chi connectivity index (χ2n) is 4.32. The van der Waals surface area contributed by atoms with Gasteiger partial charge in [-0.2, -0.15) is 0 Å². The summed E-state index contributed by atoms with van der Waals surface area (Å²) in [6, 6.07) is 0. The fourth-order valence-corrected chi connectivity index (χ4v) is 2.70. The van der Waals surface area contributed by atoms with Gasteiger partial charge in [0, 0.05) is 5.38 Å². The highest BCUT2D eigenvalue weighted by Crippen LogP contribution is 2.28. The summed E-state index contributed by atoms with van der Waals surface area (Å²) in [5.74, 6) is 0. The molecule has 1 aromatic rings. The number of thiazole rings is 1. The topological polar surface area (TPSA) is 48.1 Å². The fraction of sp³-hybridized carbons (Fsp3) is 0.727. The summed E-state index contributed by atoms with van der Waals surface area (Å²) < 4.78 is 5.66. The number of nitrogens with two attached hydrogens (primary N) is 1. The van der Waals surface area contributed by atoms with E-state index in [0.29, 0.717) is 6.61 Å². The molecule has 3 nitrogen and oxygen atoms in total. The van der Waals surface area contributed by atoms with Crippen molar-refractivity contribution in [2.24, 2.45) is 5.73 Å². The number of hydrogen-bond acceptors (Lipinski definition) is 4. The molecular formula is C11H18N2OS. The molecule has 0 aliphatic heterocycles. The smallest absolute Gasteiger partial charge is 0.273 e. The lowest BCUT2D eigenvalue weighted by Crippen LogP contribution is -2.42. The Bertz CT molecular complexity index is 318. The van der Waals surface area contributed by atoms with Crippen LogP contribution in [0.4, 0.5) is 0 Å². The van der Waals surface area contributed by atoms with E-state index in [2.05, 4.69) is 11.9 Å². The van der Waals surface area contributed by atoms with Crippen molar-refractivity contribution < 1.29 is 4.74 Å². The monoisotopic (exact) mass is 226 g/mol. The van der Waals surface area contributed by atoms with Gasteiger partial charge in [-0.3, -0.25) is 0 Å². The molecule has 0 amide bonds. The molecule has 1 aliphatic rings. The summed E-state index contributed by atoms with van der Waals surface area (Å²) in [5.41, 5.74) is 7.20. The minimum absolute atomic E-state index is 0.0992. The van der Waals surface area contributed by atoms with Gasteiger partial charge in [0.1, 0.15) is 6.61 Å². The predicted octanol–water partition coefficient (Wildman–Crippen LogP) is 2.36. The number of aryl methyl sites for hydroxylation is 1. The first-order valence-electron chi connectivity index (χ1n) is 5.58. The summed E-state index contributed by atoms with van der Waals surface area (Å²) in [4.78, 5) is 4.36. The van der Waals surface area contributed by atoms with E-state index < -0.39 is 0 Å². The molecule has 0 atom stereocenters. The van der Waals surface area contributed by atoms with Crippen LogP contribution < -0.4 is 10.5 Å². The first-order valence-corrected chi connectivity index (χ1v) is 6.46. The van der Waals surface area contributed by atoms with E-state index in [4.69, 9.17) is 10.5 Å². The molecule has 0 saturated heterocycles. The summed E-state index contributed by atoms with van der Waals surface area (Å²) in [6.07, 6.45) is 5.60. The third-order valence-electron chi connectivity index (χ3n) is 2.98. The van der Waals surface area contributed by atoms with E-state index in [1.165, 1.54) is 12.8 Å². The molecule has 4 heteroatoms. The highest BCUT2D eigenvalue weighted by molar-refractivity contribution is 7.11. The van der Waals surface area contributed by atoms with Gasteiger partial charge in [-0.05, 0) is 19.3 Å². The number of aromatic nitrogens is 1. The molecule has 15 heavy (non-hydrogen) atoms. The number of hydrogen-bond donors (Lipinski definition) is 1. The number of ether oxygens (including phenoxy) is 1. The van der Waals surface area contributed by atoms with Crippen LogP contribution in [0.3, 0.4) is 0 Å². The lowest BCUT2D eigenvalue weighted by molar-refractivity contribution is 0.219. The van der Waals surface area contributed by atoms with Gasteiger partial charge in [0.15, 0.2) is 0 Å². The molecule has 1 saturated carbocycles. The quantitative estimate of drug-likeness (QED) is 0.857. The zero-order chi connectivity index (χ0) is 10.7. The number of nitrogens with zero attached hydrogens (tertiary/aromatic N) is 1. The van der Waals surface area contributed by atoms with Crippen LogP contribution >= 0.6 is 11.3 Å². The van der Waals surface area contributed by atoms with Crippen LogP contribution in [-0.4, -0.2) is 17.1 Å². The number of rotatable bonds is 4. The molecule has 2 N–H and O–H groups in total. The first kappa shape index (κ1) is 10.9. The molecule has 0 aromatic carbocycles. The van der Waals surface area contributed by atoms with Crippen molar-refractivity contribution in [2.45, 2.75) is 44.6 Å². The highest BCUT2D eigenvalue weighted by atomic mass is 32.1. The molecule has 0 bridgehead atoms. The first-order chi connectivity index (χ1) is 7.22. The molecule has 0 spiro atoms. The maximum absolute atomic E-state index is 6.20. The Kier molecular flexibility index (Phi) is 3.26. The van der Waals surface area contributed by atoms with E-state index in [9.17, 15) is 0 Å². The van der Waals surface area contributed by atoms with Crippen LogP contribution in [0.25, 0.3) is 0 Å². The van der Waals surface area contributed by atoms with Crippen molar-refractivity contribution in [3.8, 4) is 5.19 Å². The van der Waals surface area contributed by atoms with Crippen LogP contribution in [-0.2, 0) is 6.42 Å². The molecule has 0 unspecified atom stereocenters. The molecule has 1 fully saturated rings. The summed E-state index contributed by atoms with van der Waals surface area (Å²) in [7, 11) is 0. The van der Waals surface area contributed by atoms with Crippen LogP contribution in [0.1, 0.15) is 38.3 Å². The van der Waals surface area contributed by atoms with Crippen LogP contribution in [0.2, 0.25) is 0 Å². The summed E-state index contributed by atoms with van der Waals surface area (Å²) >= 11 is 1.57. The van der Waals surface area contributed by atoms with Gasteiger partial charge in [-0.15, -0.1) is 0 Å². The molecule has 1 aliphatic carbocycles. The van der Waals surface area contributed by atoms with Crippen molar-refractivity contribution in [1.82, 2.24) is 4.98 Å². The Balaban J connectivity index is 1.87. The van der Waals surface area contributed by atoms with Crippen molar-refractivity contribution in [3.05, 3.63) is 11.1 Å². The van der Waals surface area contributed by atoms with E-state index in [1.807, 2.05) is 5.38 Å². The molecular weight excluding hydrogens is 208 g/mol. The van der Waals surface area contributed by atoms with Gasteiger partial charge >= 0.3 is 0 Å². The molecule has 1 aromatic heterocycles. The Morgan fingerprint density at radius 3 is 2.87 bits per heavy atom. The van der Waals surface area contributed by atoms with E-state index >= 15 is 0 Å². The van der Waals surface area contributed by atoms with Crippen molar-refractivity contribution in [3.63, 3.8) is 0 Å². The van der Waals surface area contributed by atoms with Crippen LogP contribution in [0.5, 0.6) is 5.19 Å². The van der Waals surface area contributed by atoms with E-state index in [1.54, 1.807) is 11.3 Å². The minimum Gasteiger partial charge on any atom is -0.468 e. The zero-order valence-electron chi connectivity index (χ0n) is 9.16. The lowest BCUT2D eigenvalue weighted by atomic mass is 10.0. The second-order valence-corrected chi connectivity index (χ2v) is 5.14. The summed E-state index contributed by atoms with van der Waals surface area (Å²) in [5, 5.41) is 2.82. The van der Waals surface area contributed by atoms with E-state index in [-0.39, 0.29) is 5.54 Å². The van der Waals surface area contributed by atoms with Gasteiger partial charge < -0.3 is 10.5 Å². The Hall–Kier alpha value is -0.610. The average Bonchev–Trinajstić information content (AvgIpc) is 2.84. The van der Waals surface area contributed by atoms with Gasteiger partial charge in [0.25, 0.3) is 5.19 Å². The minimum atomic E-state index is -0.0992. The Labute approximate surface area is 94.7 Å². The van der Waals surface area contributed by atoms with Crippen LogP contribution in [0.15, 0.2) is 5.38 Å². The van der Waals surface area contributed by atoms with Gasteiger partial charge in [-0.25, -0.2) is 4.98 Å². The maximum Gasteiger partial charge on any atom is 0.273 e. The Morgan fingerprint density at radius 1 is 1.53 bits per heavy atom. The Morgan fingerprint density at radius 2 is 2.27 bits per heavy atom. The molecule has 84 valence electrons. The third-order valence-corrected chi connectivity index (χ3v) is 3.78. The molecule has 2 rings (SSSR count). The van der Waals surface area contributed by atoms with Gasteiger partial charge in [0.2, 0.25) is 0 Å². The van der Waals surface area contributed by atoms with Crippen molar-refractivity contribution >= 4 is 11.3 Å². The lowest BCUT2D eigenvalue weighted by Gasteiger charge is -2.22. The standard InChI is InChI=1S/C11H18N2OS/c1-2-9-7-15-10(13-9)14-8-11(12)5-3-4-6-11/h7H,2-6,8,12H2,1H3. The predicted molar refractivity (Wildman–Crippen MR) is 62.4 cm³/mol. The SMILES string of the molecule is CCc1csc(OCC2(N)CCCC2)n1. The summed E-state index contributed by atoms with van der Waals surface area (Å²) in [6.45, 7) is 2.71. The fourth-order valence-electron chi connectivity index (χ4n) is 1.95. The zero-order valence-corrected chi connectivity index (χ0v) is 9.98. The van der Waals surface area contributed by atoms with E-state index in [0.717, 1.165) is 30.2 Å². The largest absolute Gasteiger partial charge is 0.468 e. The van der Waals surface area contributed by atoms with Gasteiger partial charge in [-0.1, -0.05) is 31.1 Å². The maximum atomic E-state index is 6.20. The average molecular weight is 226 g/mol. The normalized spacial score (nSPS) is 19.3. The molecule has 1 heterocycles. The highest BCUT2D eigenvalue weighted by Gasteiger charge is 2.30. The van der Waals surface area contributed by atoms with Crippen LogP contribution in [0, 0.1) is 0 Å². The van der Waals surface area contributed by atoms with Gasteiger partial charge in [0.05, 0.1) is 11.2 Å².